The van der Waals surface area contributed by atoms with Crippen LogP contribution in [0.15, 0.2) is 42.7 Å². The molecular weight excluding hydrogens is 541 g/mol. The molecule has 0 bridgehead atoms. The van der Waals surface area contributed by atoms with Crippen LogP contribution in [-0.4, -0.2) is 51.5 Å². The summed E-state index contributed by atoms with van der Waals surface area (Å²) in [6.45, 7) is 8.09. The first-order valence-electron chi connectivity index (χ1n) is 12.3. The van der Waals surface area contributed by atoms with Gasteiger partial charge in [0, 0.05) is 13.8 Å². The van der Waals surface area contributed by atoms with Crippen LogP contribution in [0.3, 0.4) is 0 Å². The second-order valence-electron chi connectivity index (χ2n) is 10.2. The molecule has 40 heavy (non-hydrogen) atoms. The molecule has 2 N–H and O–H groups in total. The van der Waals surface area contributed by atoms with Crippen LogP contribution in [0.1, 0.15) is 45.9 Å². The summed E-state index contributed by atoms with van der Waals surface area (Å²) in [7, 11) is -3.11. The third-order valence-corrected chi connectivity index (χ3v) is 7.12. The number of benzene rings is 1. The third-order valence-electron chi connectivity index (χ3n) is 6.31. The van der Waals surface area contributed by atoms with Crippen LogP contribution in [0.4, 0.5) is 5.82 Å². The molecule has 0 radical (unpaired) electrons. The zero-order chi connectivity index (χ0) is 29.2. The summed E-state index contributed by atoms with van der Waals surface area (Å²) >= 11 is 0. The second kappa shape index (κ2) is 11.3. The zero-order valence-corrected chi connectivity index (χ0v) is 23.6. The Labute approximate surface area is 231 Å². The van der Waals surface area contributed by atoms with Crippen molar-refractivity contribution in [1.29, 1.82) is 5.26 Å². The van der Waals surface area contributed by atoms with Gasteiger partial charge in [0.25, 0.3) is 0 Å². The molecule has 3 heterocycles. The topological polar surface area (TPSA) is 177 Å². The fourth-order valence-corrected chi connectivity index (χ4v) is 5.16. The summed E-state index contributed by atoms with van der Waals surface area (Å²) in [5.74, 6) is -1.00. The Morgan fingerprint density at radius 1 is 1.15 bits per heavy atom. The van der Waals surface area contributed by atoms with Gasteiger partial charge in [-0.2, -0.15) is 10.4 Å². The van der Waals surface area contributed by atoms with E-state index in [2.05, 4.69) is 36.9 Å². The number of nitrogens with two attached hydrogens (primary N) is 1. The summed E-state index contributed by atoms with van der Waals surface area (Å²) in [6.07, 6.45) is -2.73. The number of nitrogen functional groups attached to an aromatic ring is 1. The molecule has 2 aromatic heterocycles. The maximum absolute atomic E-state index is 12.7. The molecule has 3 aromatic rings. The number of carbonyl (C=O) groups excluding carboxylic acids is 2. The van der Waals surface area contributed by atoms with Crippen molar-refractivity contribution in [2.75, 3.05) is 12.3 Å². The smallest absolute Gasteiger partial charge is 0.367 e. The van der Waals surface area contributed by atoms with Gasteiger partial charge in [-0.25, -0.2) is 14.1 Å². The van der Waals surface area contributed by atoms with Crippen molar-refractivity contribution in [3.05, 3.63) is 54.0 Å². The van der Waals surface area contributed by atoms with Crippen molar-refractivity contribution in [1.82, 2.24) is 14.6 Å². The molecule has 1 unspecified atom stereocenters. The standard InChI is InChI=1S/C26H30N5O8P/c1-15(32)36-22-20(12-35-40(34)39-18-8-6-17(7-9-18)25(3,4)5)38-26(13-27,23(22)37-16(2)33)21-11-10-19-24(28)29-14-30-31(19)21/h6-11,14,20,22-23,40H,12H2,1-5H3,(H2,28,29,30)/t20-,22-,23-,26+/m1/s1. The number of fused-ring (bicyclic) bond motifs is 1. The molecule has 13 nitrogen and oxygen atoms in total. The van der Waals surface area contributed by atoms with Crippen molar-refractivity contribution in [2.24, 2.45) is 0 Å². The Balaban J connectivity index is 1.62. The number of nitrogens with zero attached hydrogens (tertiary/aromatic N) is 4. The van der Waals surface area contributed by atoms with Gasteiger partial charge in [-0.3, -0.25) is 14.1 Å². The van der Waals surface area contributed by atoms with Crippen molar-refractivity contribution < 1.29 is 37.4 Å². The van der Waals surface area contributed by atoms with Crippen LogP contribution in [0, 0.1) is 11.3 Å². The number of carbonyl (C=O) groups is 2. The minimum Gasteiger partial charge on any atom is -0.456 e. The van der Waals surface area contributed by atoms with Gasteiger partial charge in [0.15, 0.2) is 18.0 Å². The summed E-state index contributed by atoms with van der Waals surface area (Å²) < 4.78 is 42.0. The summed E-state index contributed by atoms with van der Waals surface area (Å²) in [5, 5.41) is 14.6. The quantitative estimate of drug-likeness (QED) is 0.309. The van der Waals surface area contributed by atoms with Crippen LogP contribution in [0.5, 0.6) is 5.75 Å². The SMILES string of the molecule is CC(=O)O[C@H]1[C@@H](OC(C)=O)[C@](C#N)(c2ccc3c(N)ncnn23)O[C@@H]1CO[PH](=O)Oc1ccc(C(C)(C)C)cc1. The molecular formula is C26H30N5O8P. The van der Waals surface area contributed by atoms with E-state index in [-0.39, 0.29) is 16.9 Å². The first-order chi connectivity index (χ1) is 18.9. The molecule has 212 valence electrons. The number of ether oxygens (including phenoxy) is 3. The lowest BCUT2D eigenvalue weighted by Crippen LogP contribution is -2.45. The van der Waals surface area contributed by atoms with Crippen molar-refractivity contribution in [2.45, 2.75) is 63.9 Å². The van der Waals surface area contributed by atoms with E-state index in [1.54, 1.807) is 18.2 Å². The Morgan fingerprint density at radius 2 is 1.82 bits per heavy atom. The number of aromatic nitrogens is 3. The molecule has 0 amide bonds. The molecule has 14 heteroatoms. The van der Waals surface area contributed by atoms with Crippen molar-refractivity contribution in [3.8, 4) is 11.8 Å². The monoisotopic (exact) mass is 571 g/mol. The number of anilines is 1. The van der Waals surface area contributed by atoms with E-state index in [0.717, 1.165) is 19.4 Å². The van der Waals surface area contributed by atoms with E-state index < -0.39 is 50.7 Å². The van der Waals surface area contributed by atoms with Gasteiger partial charge in [-0.1, -0.05) is 32.9 Å². The average Bonchev–Trinajstić information content (AvgIpc) is 3.43. The van der Waals surface area contributed by atoms with Crippen molar-refractivity contribution >= 4 is 31.5 Å². The maximum atomic E-state index is 12.7. The molecule has 1 saturated heterocycles. The van der Waals surface area contributed by atoms with Crippen LogP contribution in [0.2, 0.25) is 0 Å². The Morgan fingerprint density at radius 3 is 2.42 bits per heavy atom. The van der Waals surface area contributed by atoms with Gasteiger partial charge in [-0.15, -0.1) is 0 Å². The maximum Gasteiger partial charge on any atom is 0.367 e. The number of esters is 2. The predicted octanol–water partition coefficient (Wildman–Crippen LogP) is 3.08. The Hall–Kier alpha value is -3.98. The van der Waals surface area contributed by atoms with E-state index in [1.807, 2.05) is 12.1 Å². The molecule has 1 aliphatic rings. The van der Waals surface area contributed by atoms with E-state index >= 15 is 0 Å². The number of nitriles is 1. The third kappa shape index (κ3) is 5.79. The van der Waals surface area contributed by atoms with Gasteiger partial charge in [0.2, 0.25) is 5.60 Å². The molecule has 1 aromatic carbocycles. The van der Waals surface area contributed by atoms with E-state index in [0.29, 0.717) is 11.3 Å². The van der Waals surface area contributed by atoms with Gasteiger partial charge in [0.05, 0.1) is 12.3 Å². The van der Waals surface area contributed by atoms with Crippen molar-refractivity contribution in [3.63, 3.8) is 0 Å². The number of rotatable bonds is 8. The Kier molecular flexibility index (Phi) is 8.16. The van der Waals surface area contributed by atoms with E-state index in [1.165, 1.54) is 16.9 Å². The first kappa shape index (κ1) is 29.0. The molecule has 1 aliphatic heterocycles. The normalized spacial score (nSPS) is 23.4. The summed E-state index contributed by atoms with van der Waals surface area (Å²) in [6, 6.07) is 12.2. The minimum atomic E-state index is -3.11. The summed E-state index contributed by atoms with van der Waals surface area (Å²) in [5.41, 5.74) is 5.46. The predicted molar refractivity (Wildman–Crippen MR) is 141 cm³/mol. The largest absolute Gasteiger partial charge is 0.456 e. The van der Waals surface area contributed by atoms with E-state index in [9.17, 15) is 19.4 Å². The number of hydrogen-bond donors (Lipinski definition) is 1. The Bertz CT molecular complexity index is 1480. The number of hydrogen-bond acceptors (Lipinski definition) is 12. The van der Waals surface area contributed by atoms with E-state index in [4.69, 9.17) is 29.0 Å². The fraction of sp³-hybridized carbons (Fsp3) is 0.423. The molecule has 4 rings (SSSR count). The lowest BCUT2D eigenvalue weighted by molar-refractivity contribution is -0.166. The van der Waals surface area contributed by atoms with Gasteiger partial charge in [-0.05, 0) is 35.2 Å². The lowest BCUT2D eigenvalue weighted by Gasteiger charge is -2.28. The average molecular weight is 572 g/mol. The van der Waals surface area contributed by atoms with Crippen LogP contribution in [-0.2, 0) is 43.9 Å². The summed E-state index contributed by atoms with van der Waals surface area (Å²) in [4.78, 5) is 28.1. The molecule has 1 fully saturated rings. The van der Waals surface area contributed by atoms with Gasteiger partial charge in [0.1, 0.15) is 29.8 Å². The molecule has 0 saturated carbocycles. The van der Waals surface area contributed by atoms with Crippen LogP contribution in [0.25, 0.3) is 5.52 Å². The highest BCUT2D eigenvalue weighted by molar-refractivity contribution is 7.33. The highest BCUT2D eigenvalue weighted by atomic mass is 31.1. The highest BCUT2D eigenvalue weighted by Gasteiger charge is 2.62. The lowest BCUT2D eigenvalue weighted by atomic mass is 9.87. The fourth-order valence-electron chi connectivity index (χ4n) is 4.47. The minimum absolute atomic E-state index is 0.0688. The van der Waals surface area contributed by atoms with Gasteiger partial charge >= 0.3 is 20.2 Å². The molecule has 0 spiro atoms. The van der Waals surface area contributed by atoms with Crippen LogP contribution >= 0.6 is 8.25 Å². The first-order valence-corrected chi connectivity index (χ1v) is 13.6. The van der Waals surface area contributed by atoms with Crippen LogP contribution < -0.4 is 10.3 Å². The molecule has 5 atom stereocenters. The zero-order valence-electron chi connectivity index (χ0n) is 22.6. The highest BCUT2D eigenvalue weighted by Crippen LogP contribution is 2.44. The van der Waals surface area contributed by atoms with Gasteiger partial charge < -0.3 is 24.5 Å². The molecule has 0 aliphatic carbocycles. The second-order valence-corrected chi connectivity index (χ2v) is 11.2.